The summed E-state index contributed by atoms with van der Waals surface area (Å²) in [6.45, 7) is 6.10. The van der Waals surface area contributed by atoms with Gasteiger partial charge in [-0.15, -0.1) is 10.2 Å². The third kappa shape index (κ3) is 3.98. The zero-order valence-corrected chi connectivity index (χ0v) is 18.4. The molecule has 156 valence electrons. The van der Waals surface area contributed by atoms with Gasteiger partial charge in [0.1, 0.15) is 0 Å². The molecule has 2 fully saturated rings. The molecule has 3 aromatic rings. The molecule has 1 aromatic heterocycles. The average Bonchev–Trinajstić information content (AvgIpc) is 3.37. The van der Waals surface area contributed by atoms with Gasteiger partial charge in [-0.05, 0) is 31.5 Å². The lowest BCUT2D eigenvalue weighted by Crippen LogP contribution is -2.57. The van der Waals surface area contributed by atoms with E-state index in [4.69, 9.17) is 0 Å². The van der Waals surface area contributed by atoms with Crippen molar-refractivity contribution in [3.05, 3.63) is 60.7 Å². The van der Waals surface area contributed by atoms with Crippen molar-refractivity contribution in [3.8, 4) is 11.4 Å². The SMILES string of the molecule is Cn1c(SCCCN2CC3(CCN(c4ccccc4)C3)C2)nnc1-c1ccccc1. The van der Waals surface area contributed by atoms with Crippen LogP contribution in [0.1, 0.15) is 12.8 Å². The fourth-order valence-electron chi connectivity index (χ4n) is 4.84. The summed E-state index contributed by atoms with van der Waals surface area (Å²) in [5, 5.41) is 9.78. The lowest BCUT2D eigenvalue weighted by Gasteiger charge is -2.48. The van der Waals surface area contributed by atoms with Crippen molar-refractivity contribution in [2.24, 2.45) is 12.5 Å². The maximum atomic E-state index is 4.39. The Labute approximate surface area is 183 Å². The Morgan fingerprint density at radius 1 is 0.933 bits per heavy atom. The molecule has 0 amide bonds. The molecule has 0 radical (unpaired) electrons. The van der Waals surface area contributed by atoms with E-state index in [2.05, 4.69) is 74.1 Å². The number of likely N-dealkylation sites (tertiary alicyclic amines) is 1. The van der Waals surface area contributed by atoms with Gasteiger partial charge >= 0.3 is 0 Å². The lowest BCUT2D eigenvalue weighted by atomic mass is 9.79. The highest BCUT2D eigenvalue weighted by Gasteiger charge is 2.47. The monoisotopic (exact) mass is 419 g/mol. The van der Waals surface area contributed by atoms with Crippen LogP contribution in [0.15, 0.2) is 65.8 Å². The Morgan fingerprint density at radius 2 is 1.67 bits per heavy atom. The van der Waals surface area contributed by atoms with Crippen molar-refractivity contribution in [2.45, 2.75) is 18.0 Å². The molecule has 0 aliphatic carbocycles. The molecule has 2 saturated heterocycles. The number of para-hydroxylation sites is 1. The van der Waals surface area contributed by atoms with Gasteiger partial charge in [-0.2, -0.15) is 0 Å². The van der Waals surface area contributed by atoms with E-state index in [-0.39, 0.29) is 0 Å². The summed E-state index contributed by atoms with van der Waals surface area (Å²) in [5.74, 6) is 2.02. The van der Waals surface area contributed by atoms with Crippen molar-refractivity contribution < 1.29 is 0 Å². The molecule has 2 aliphatic rings. The van der Waals surface area contributed by atoms with Crippen molar-refractivity contribution in [1.29, 1.82) is 0 Å². The van der Waals surface area contributed by atoms with E-state index in [0.717, 1.165) is 22.3 Å². The van der Waals surface area contributed by atoms with E-state index < -0.39 is 0 Å². The molecule has 30 heavy (non-hydrogen) atoms. The van der Waals surface area contributed by atoms with Gasteiger partial charge in [-0.25, -0.2) is 0 Å². The number of thioether (sulfide) groups is 1. The molecule has 0 saturated carbocycles. The Morgan fingerprint density at radius 3 is 2.43 bits per heavy atom. The Hall–Kier alpha value is -2.31. The molecule has 5 nitrogen and oxygen atoms in total. The van der Waals surface area contributed by atoms with Crippen molar-refractivity contribution in [3.63, 3.8) is 0 Å². The normalized spacial score (nSPS) is 18.1. The molecule has 1 spiro atoms. The van der Waals surface area contributed by atoms with E-state index in [9.17, 15) is 0 Å². The predicted octanol–water partition coefficient (Wildman–Crippen LogP) is 4.18. The summed E-state index contributed by atoms with van der Waals surface area (Å²) in [5.41, 5.74) is 3.02. The minimum absolute atomic E-state index is 0.525. The number of nitrogens with zero attached hydrogens (tertiary/aromatic N) is 5. The van der Waals surface area contributed by atoms with Gasteiger partial charge in [0, 0.05) is 55.6 Å². The van der Waals surface area contributed by atoms with Gasteiger partial charge in [0.15, 0.2) is 11.0 Å². The third-order valence-electron chi connectivity index (χ3n) is 6.39. The summed E-state index contributed by atoms with van der Waals surface area (Å²) < 4.78 is 2.11. The van der Waals surface area contributed by atoms with Crippen LogP contribution in [0.5, 0.6) is 0 Å². The zero-order valence-electron chi connectivity index (χ0n) is 17.6. The summed E-state index contributed by atoms with van der Waals surface area (Å²) in [6.07, 6.45) is 2.52. The van der Waals surface area contributed by atoms with E-state index >= 15 is 0 Å². The van der Waals surface area contributed by atoms with Crippen molar-refractivity contribution >= 4 is 17.4 Å². The zero-order chi connectivity index (χ0) is 20.4. The van der Waals surface area contributed by atoms with Crippen LogP contribution in [0.3, 0.4) is 0 Å². The lowest BCUT2D eigenvalue weighted by molar-refractivity contribution is 0.0190. The molecule has 3 heterocycles. The van der Waals surface area contributed by atoms with Crippen molar-refractivity contribution in [1.82, 2.24) is 19.7 Å². The molecule has 0 atom stereocenters. The van der Waals surface area contributed by atoms with Gasteiger partial charge < -0.3 is 14.4 Å². The highest BCUT2D eigenvalue weighted by molar-refractivity contribution is 7.99. The number of hydrogen-bond acceptors (Lipinski definition) is 5. The molecular formula is C24H29N5S. The maximum absolute atomic E-state index is 4.39. The summed E-state index contributed by atoms with van der Waals surface area (Å²) in [7, 11) is 2.06. The van der Waals surface area contributed by atoms with Crippen LogP contribution in [0.4, 0.5) is 5.69 Å². The quantitative estimate of drug-likeness (QED) is 0.424. The first-order valence-electron chi connectivity index (χ1n) is 10.8. The van der Waals surface area contributed by atoms with E-state index in [1.807, 2.05) is 30.0 Å². The molecule has 6 heteroatoms. The van der Waals surface area contributed by atoms with E-state index in [1.165, 1.54) is 51.3 Å². The second-order valence-corrected chi connectivity index (χ2v) is 9.71. The number of rotatable bonds is 7. The Balaban J connectivity index is 1.05. The number of benzene rings is 2. The molecule has 0 unspecified atom stereocenters. The molecule has 0 bridgehead atoms. The van der Waals surface area contributed by atoms with Gasteiger partial charge in [0.2, 0.25) is 0 Å². The van der Waals surface area contributed by atoms with Gasteiger partial charge in [-0.3, -0.25) is 0 Å². The second-order valence-electron chi connectivity index (χ2n) is 8.65. The predicted molar refractivity (Wildman–Crippen MR) is 124 cm³/mol. The van der Waals surface area contributed by atoms with Crippen LogP contribution in [-0.2, 0) is 7.05 Å². The molecule has 0 N–H and O–H groups in total. The molecule has 2 aromatic carbocycles. The smallest absolute Gasteiger partial charge is 0.191 e. The van der Waals surface area contributed by atoms with Crippen LogP contribution >= 0.6 is 11.8 Å². The first-order chi connectivity index (χ1) is 14.7. The Bertz CT molecular complexity index is 966. The third-order valence-corrected chi connectivity index (χ3v) is 7.50. The van der Waals surface area contributed by atoms with Gasteiger partial charge in [0.25, 0.3) is 0 Å². The minimum Gasteiger partial charge on any atom is -0.371 e. The second kappa shape index (κ2) is 8.44. The van der Waals surface area contributed by atoms with Crippen LogP contribution in [0.2, 0.25) is 0 Å². The van der Waals surface area contributed by atoms with Crippen molar-refractivity contribution in [2.75, 3.05) is 43.4 Å². The number of anilines is 1. The van der Waals surface area contributed by atoms with Gasteiger partial charge in [0.05, 0.1) is 0 Å². The van der Waals surface area contributed by atoms with Crippen LogP contribution in [-0.4, -0.2) is 58.1 Å². The average molecular weight is 420 g/mol. The topological polar surface area (TPSA) is 37.2 Å². The fourth-order valence-corrected chi connectivity index (χ4v) is 5.68. The molecule has 2 aliphatic heterocycles. The highest BCUT2D eigenvalue weighted by Crippen LogP contribution is 2.41. The van der Waals surface area contributed by atoms with Crippen LogP contribution in [0, 0.1) is 5.41 Å². The Kier molecular flexibility index (Phi) is 5.52. The summed E-state index contributed by atoms with van der Waals surface area (Å²) >= 11 is 1.81. The standard InChI is InChI=1S/C24H29N5S/c1-27-22(20-9-4-2-5-10-20)25-26-23(27)30-16-8-14-28-17-24(18-28)13-15-29(19-24)21-11-6-3-7-12-21/h2-7,9-12H,8,13-19H2,1H3. The first kappa shape index (κ1) is 19.6. The fraction of sp³-hybridized carbons (Fsp3) is 0.417. The maximum Gasteiger partial charge on any atom is 0.191 e. The highest BCUT2D eigenvalue weighted by atomic mass is 32.2. The first-order valence-corrected chi connectivity index (χ1v) is 11.8. The number of aromatic nitrogens is 3. The van der Waals surface area contributed by atoms with E-state index in [0.29, 0.717) is 5.41 Å². The largest absolute Gasteiger partial charge is 0.371 e. The molecular weight excluding hydrogens is 390 g/mol. The summed E-state index contributed by atoms with van der Waals surface area (Å²) in [4.78, 5) is 5.19. The summed E-state index contributed by atoms with van der Waals surface area (Å²) in [6, 6.07) is 21.1. The van der Waals surface area contributed by atoms with E-state index in [1.54, 1.807) is 0 Å². The van der Waals surface area contributed by atoms with Gasteiger partial charge in [-0.1, -0.05) is 60.3 Å². The van der Waals surface area contributed by atoms with Crippen LogP contribution < -0.4 is 4.90 Å². The molecule has 5 rings (SSSR count). The minimum atomic E-state index is 0.525. The number of hydrogen-bond donors (Lipinski definition) is 0. The van der Waals surface area contributed by atoms with Crippen LogP contribution in [0.25, 0.3) is 11.4 Å².